The standard InChI is InChI=1S/C18H18FNO.ClH/c19-15-7-9-17(10-8-15)21-18-6-3-4-14(13-18)12-16-5-1-2-11-20-16;/h3-4,6-10,12-13,20H,1-2,5,11H2;1H/b16-12+;. The Hall–Kier alpha value is -2.00. The molecule has 2 aromatic carbocycles. The summed E-state index contributed by atoms with van der Waals surface area (Å²) >= 11 is 0. The summed E-state index contributed by atoms with van der Waals surface area (Å²) < 4.78 is 18.6. The van der Waals surface area contributed by atoms with Gasteiger partial charge in [-0.25, -0.2) is 4.39 Å². The van der Waals surface area contributed by atoms with Crippen molar-refractivity contribution in [3.63, 3.8) is 0 Å². The molecule has 0 aromatic heterocycles. The van der Waals surface area contributed by atoms with Gasteiger partial charge in [-0.15, -0.1) is 12.4 Å². The molecule has 0 aliphatic carbocycles. The van der Waals surface area contributed by atoms with Gasteiger partial charge >= 0.3 is 0 Å². The molecule has 1 N–H and O–H groups in total. The van der Waals surface area contributed by atoms with Crippen molar-refractivity contribution in [3.8, 4) is 11.5 Å². The van der Waals surface area contributed by atoms with Crippen molar-refractivity contribution in [2.24, 2.45) is 0 Å². The zero-order chi connectivity index (χ0) is 14.5. The van der Waals surface area contributed by atoms with E-state index in [1.54, 1.807) is 12.1 Å². The summed E-state index contributed by atoms with van der Waals surface area (Å²) in [7, 11) is 0. The van der Waals surface area contributed by atoms with Gasteiger partial charge in [0.15, 0.2) is 0 Å². The van der Waals surface area contributed by atoms with Gasteiger partial charge in [0.1, 0.15) is 17.3 Å². The van der Waals surface area contributed by atoms with Gasteiger partial charge < -0.3 is 10.1 Å². The first kappa shape index (κ1) is 16.4. The SMILES string of the molecule is Cl.Fc1ccc(Oc2cccc(/C=C3\CCCCN3)c2)cc1. The maximum atomic E-state index is 12.9. The normalized spacial score (nSPS) is 15.8. The van der Waals surface area contributed by atoms with E-state index in [0.717, 1.165) is 24.3 Å². The summed E-state index contributed by atoms with van der Waals surface area (Å²) in [5.41, 5.74) is 2.39. The molecule has 4 heteroatoms. The Kier molecular flexibility index (Phi) is 5.84. The van der Waals surface area contributed by atoms with Crippen LogP contribution >= 0.6 is 12.4 Å². The average molecular weight is 320 g/mol. The second-order valence-corrected chi connectivity index (χ2v) is 5.18. The van der Waals surface area contributed by atoms with E-state index in [9.17, 15) is 4.39 Å². The fourth-order valence-corrected chi connectivity index (χ4v) is 2.41. The molecule has 0 bridgehead atoms. The molecular formula is C18H19ClFNO. The topological polar surface area (TPSA) is 21.3 Å². The summed E-state index contributed by atoms with van der Waals surface area (Å²) in [6.07, 6.45) is 5.75. The zero-order valence-corrected chi connectivity index (χ0v) is 13.0. The molecule has 116 valence electrons. The van der Waals surface area contributed by atoms with Crippen LogP contribution in [0.2, 0.25) is 0 Å². The third-order valence-electron chi connectivity index (χ3n) is 3.47. The van der Waals surface area contributed by atoms with Crippen LogP contribution in [0.25, 0.3) is 6.08 Å². The number of ether oxygens (including phenoxy) is 1. The molecule has 0 saturated carbocycles. The Morgan fingerprint density at radius 2 is 1.82 bits per heavy atom. The number of hydrogen-bond donors (Lipinski definition) is 1. The lowest BCUT2D eigenvalue weighted by Crippen LogP contribution is -2.19. The van der Waals surface area contributed by atoms with Crippen LogP contribution in [0.3, 0.4) is 0 Å². The molecular weight excluding hydrogens is 301 g/mol. The molecule has 0 atom stereocenters. The predicted octanol–water partition coefficient (Wildman–Crippen LogP) is 5.15. The number of nitrogens with one attached hydrogen (secondary N) is 1. The lowest BCUT2D eigenvalue weighted by molar-refractivity contribution is 0.480. The van der Waals surface area contributed by atoms with E-state index in [2.05, 4.69) is 17.5 Å². The molecule has 2 nitrogen and oxygen atoms in total. The van der Waals surface area contributed by atoms with E-state index in [0.29, 0.717) is 5.75 Å². The second-order valence-electron chi connectivity index (χ2n) is 5.18. The van der Waals surface area contributed by atoms with Crippen molar-refractivity contribution >= 4 is 18.5 Å². The van der Waals surface area contributed by atoms with Crippen molar-refractivity contribution in [2.45, 2.75) is 19.3 Å². The first-order valence-corrected chi connectivity index (χ1v) is 7.27. The maximum Gasteiger partial charge on any atom is 0.128 e. The van der Waals surface area contributed by atoms with Crippen molar-refractivity contribution in [3.05, 3.63) is 65.6 Å². The molecule has 2 aromatic rings. The largest absolute Gasteiger partial charge is 0.457 e. The van der Waals surface area contributed by atoms with Crippen molar-refractivity contribution in [2.75, 3.05) is 6.54 Å². The minimum atomic E-state index is -0.260. The Morgan fingerprint density at radius 3 is 2.55 bits per heavy atom. The quantitative estimate of drug-likeness (QED) is 0.844. The molecule has 0 radical (unpaired) electrons. The van der Waals surface area contributed by atoms with Crippen LogP contribution in [0, 0.1) is 5.82 Å². The fourth-order valence-electron chi connectivity index (χ4n) is 2.41. The Bertz CT molecular complexity index is 632. The van der Waals surface area contributed by atoms with E-state index in [1.807, 2.05) is 18.2 Å². The number of piperidine rings is 1. The smallest absolute Gasteiger partial charge is 0.128 e. The highest BCUT2D eigenvalue weighted by Gasteiger charge is 2.04. The van der Waals surface area contributed by atoms with Gasteiger partial charge in [-0.3, -0.25) is 0 Å². The molecule has 1 aliphatic rings. The molecule has 1 heterocycles. The van der Waals surface area contributed by atoms with Crippen LogP contribution in [-0.2, 0) is 0 Å². The summed E-state index contributed by atoms with van der Waals surface area (Å²) in [6, 6.07) is 14.0. The first-order chi connectivity index (χ1) is 10.3. The highest BCUT2D eigenvalue weighted by Crippen LogP contribution is 2.24. The first-order valence-electron chi connectivity index (χ1n) is 7.27. The van der Waals surface area contributed by atoms with E-state index in [1.165, 1.54) is 30.7 Å². The molecule has 0 spiro atoms. The van der Waals surface area contributed by atoms with Crippen molar-refractivity contribution < 1.29 is 9.13 Å². The lowest BCUT2D eigenvalue weighted by Gasteiger charge is -2.16. The van der Waals surface area contributed by atoms with E-state index in [4.69, 9.17) is 4.74 Å². The summed E-state index contributed by atoms with van der Waals surface area (Å²) in [5.74, 6) is 1.13. The van der Waals surface area contributed by atoms with Gasteiger partial charge in [-0.1, -0.05) is 12.1 Å². The van der Waals surface area contributed by atoms with E-state index < -0.39 is 0 Å². The lowest BCUT2D eigenvalue weighted by atomic mass is 10.1. The average Bonchev–Trinajstić information content (AvgIpc) is 2.51. The van der Waals surface area contributed by atoms with Gasteiger partial charge in [-0.2, -0.15) is 0 Å². The third kappa shape index (κ3) is 4.50. The molecule has 1 saturated heterocycles. The molecule has 1 aliphatic heterocycles. The van der Waals surface area contributed by atoms with Gasteiger partial charge in [-0.05, 0) is 67.3 Å². The van der Waals surface area contributed by atoms with Gasteiger partial charge in [0.05, 0.1) is 0 Å². The van der Waals surface area contributed by atoms with Gasteiger partial charge in [0.25, 0.3) is 0 Å². The Balaban J connectivity index is 0.00000176. The van der Waals surface area contributed by atoms with E-state index >= 15 is 0 Å². The highest BCUT2D eigenvalue weighted by molar-refractivity contribution is 5.85. The van der Waals surface area contributed by atoms with Crippen molar-refractivity contribution in [1.82, 2.24) is 5.32 Å². The number of hydrogen-bond acceptors (Lipinski definition) is 2. The van der Waals surface area contributed by atoms with Crippen LogP contribution in [0.15, 0.2) is 54.2 Å². The van der Waals surface area contributed by atoms with Gasteiger partial charge in [0, 0.05) is 12.2 Å². The number of rotatable bonds is 3. The summed E-state index contributed by atoms with van der Waals surface area (Å²) in [4.78, 5) is 0. The Morgan fingerprint density at radius 1 is 1.00 bits per heavy atom. The summed E-state index contributed by atoms with van der Waals surface area (Å²) in [5, 5.41) is 3.42. The minimum absolute atomic E-state index is 0. The summed E-state index contributed by atoms with van der Waals surface area (Å²) in [6.45, 7) is 1.05. The number of allylic oxidation sites excluding steroid dienone is 1. The van der Waals surface area contributed by atoms with Crippen LogP contribution in [0.4, 0.5) is 4.39 Å². The van der Waals surface area contributed by atoms with Crippen LogP contribution < -0.4 is 10.1 Å². The third-order valence-corrected chi connectivity index (χ3v) is 3.47. The monoisotopic (exact) mass is 319 g/mol. The zero-order valence-electron chi connectivity index (χ0n) is 12.2. The molecule has 0 unspecified atom stereocenters. The number of halogens is 2. The van der Waals surface area contributed by atoms with E-state index in [-0.39, 0.29) is 18.2 Å². The fraction of sp³-hybridized carbons (Fsp3) is 0.222. The molecule has 0 amide bonds. The molecule has 22 heavy (non-hydrogen) atoms. The second kappa shape index (κ2) is 7.85. The van der Waals surface area contributed by atoms with Crippen LogP contribution in [-0.4, -0.2) is 6.54 Å². The maximum absolute atomic E-state index is 12.9. The Labute approximate surface area is 136 Å². The molecule has 1 fully saturated rings. The minimum Gasteiger partial charge on any atom is -0.457 e. The molecule has 3 rings (SSSR count). The van der Waals surface area contributed by atoms with Gasteiger partial charge in [0.2, 0.25) is 0 Å². The van der Waals surface area contributed by atoms with Crippen LogP contribution in [0.1, 0.15) is 24.8 Å². The van der Waals surface area contributed by atoms with Crippen LogP contribution in [0.5, 0.6) is 11.5 Å². The predicted molar refractivity (Wildman–Crippen MR) is 90.0 cm³/mol. The number of benzene rings is 2. The highest BCUT2D eigenvalue weighted by atomic mass is 35.5. The van der Waals surface area contributed by atoms with Crippen molar-refractivity contribution in [1.29, 1.82) is 0 Å².